The van der Waals surface area contributed by atoms with Gasteiger partial charge in [0.05, 0.1) is 0 Å². The van der Waals surface area contributed by atoms with E-state index in [1.807, 2.05) is 19.1 Å². The Hall–Kier alpha value is -0.980. The van der Waals surface area contributed by atoms with Crippen molar-refractivity contribution in [3.05, 3.63) is 29.3 Å². The predicted octanol–water partition coefficient (Wildman–Crippen LogP) is 3.25. The third kappa shape index (κ3) is 2.24. The van der Waals surface area contributed by atoms with E-state index in [-0.39, 0.29) is 5.41 Å². The van der Waals surface area contributed by atoms with Gasteiger partial charge in [0.25, 0.3) is 0 Å². The molecule has 0 unspecified atom stereocenters. The van der Waals surface area contributed by atoms with Crippen LogP contribution in [-0.2, 0) is 11.8 Å². The molecule has 13 heavy (non-hydrogen) atoms. The molecule has 1 aromatic carbocycles. The summed E-state index contributed by atoms with van der Waals surface area (Å²) in [5.74, 6) is 0.426. The van der Waals surface area contributed by atoms with Crippen molar-refractivity contribution >= 4 is 0 Å². The third-order valence-corrected chi connectivity index (χ3v) is 2.33. The fraction of sp³-hybridized carbons (Fsp3) is 0.500. The SMILES string of the molecule is CCc1ccc(C(C)(C)C)cc1O. The Morgan fingerprint density at radius 1 is 1.23 bits per heavy atom. The first-order valence-electron chi connectivity index (χ1n) is 4.77. The second kappa shape index (κ2) is 3.41. The summed E-state index contributed by atoms with van der Waals surface area (Å²) in [5, 5.41) is 9.65. The normalized spacial score (nSPS) is 11.7. The molecule has 0 spiro atoms. The van der Waals surface area contributed by atoms with Gasteiger partial charge in [0.1, 0.15) is 5.75 Å². The molecule has 0 aliphatic carbocycles. The Morgan fingerprint density at radius 2 is 1.85 bits per heavy atom. The first-order chi connectivity index (χ1) is 5.95. The van der Waals surface area contributed by atoms with Gasteiger partial charge >= 0.3 is 0 Å². The van der Waals surface area contributed by atoms with Crippen molar-refractivity contribution < 1.29 is 5.11 Å². The van der Waals surface area contributed by atoms with Gasteiger partial charge in [-0.3, -0.25) is 0 Å². The summed E-state index contributed by atoms with van der Waals surface area (Å²) in [5.41, 5.74) is 2.32. The molecule has 0 atom stereocenters. The van der Waals surface area contributed by atoms with Crippen LogP contribution < -0.4 is 0 Å². The van der Waals surface area contributed by atoms with Crippen molar-refractivity contribution in [2.24, 2.45) is 0 Å². The van der Waals surface area contributed by atoms with E-state index < -0.39 is 0 Å². The fourth-order valence-corrected chi connectivity index (χ4v) is 1.33. The minimum absolute atomic E-state index is 0.115. The first-order valence-corrected chi connectivity index (χ1v) is 4.77. The summed E-state index contributed by atoms with van der Waals surface area (Å²) in [6.45, 7) is 8.49. The Bertz CT molecular complexity index is 294. The van der Waals surface area contributed by atoms with Crippen molar-refractivity contribution in [3.8, 4) is 5.75 Å². The lowest BCUT2D eigenvalue weighted by Crippen LogP contribution is -2.10. The largest absolute Gasteiger partial charge is 0.508 e. The maximum absolute atomic E-state index is 9.65. The van der Waals surface area contributed by atoms with Crippen LogP contribution in [0.4, 0.5) is 0 Å². The van der Waals surface area contributed by atoms with Gasteiger partial charge in [-0.1, -0.05) is 39.8 Å². The van der Waals surface area contributed by atoms with Crippen molar-refractivity contribution in [1.82, 2.24) is 0 Å². The second-order valence-electron chi connectivity index (χ2n) is 4.45. The highest BCUT2D eigenvalue weighted by atomic mass is 16.3. The number of hydrogen-bond acceptors (Lipinski definition) is 1. The highest BCUT2D eigenvalue weighted by molar-refractivity contribution is 5.38. The zero-order chi connectivity index (χ0) is 10.1. The molecule has 0 saturated heterocycles. The van der Waals surface area contributed by atoms with Gasteiger partial charge in [0.15, 0.2) is 0 Å². The number of phenols is 1. The summed E-state index contributed by atoms with van der Waals surface area (Å²) in [7, 11) is 0. The van der Waals surface area contributed by atoms with Crippen LogP contribution in [0, 0.1) is 0 Å². The molecule has 0 aromatic heterocycles. The van der Waals surface area contributed by atoms with E-state index in [4.69, 9.17) is 0 Å². The first kappa shape index (κ1) is 10.1. The van der Waals surface area contributed by atoms with E-state index in [9.17, 15) is 5.11 Å². The molecule has 0 heterocycles. The van der Waals surface area contributed by atoms with Gasteiger partial charge < -0.3 is 5.11 Å². The van der Waals surface area contributed by atoms with E-state index in [2.05, 4.69) is 26.8 Å². The number of hydrogen-bond donors (Lipinski definition) is 1. The lowest BCUT2D eigenvalue weighted by atomic mass is 9.86. The monoisotopic (exact) mass is 178 g/mol. The van der Waals surface area contributed by atoms with Crippen LogP contribution in [0.2, 0.25) is 0 Å². The molecule has 72 valence electrons. The Labute approximate surface area is 80.4 Å². The van der Waals surface area contributed by atoms with Gasteiger partial charge in [-0.2, -0.15) is 0 Å². The van der Waals surface area contributed by atoms with Gasteiger partial charge in [-0.15, -0.1) is 0 Å². The second-order valence-corrected chi connectivity index (χ2v) is 4.45. The summed E-state index contributed by atoms with van der Waals surface area (Å²) in [6, 6.07) is 5.98. The molecule has 0 saturated carbocycles. The van der Waals surface area contributed by atoms with Crippen LogP contribution in [0.1, 0.15) is 38.8 Å². The van der Waals surface area contributed by atoms with Crippen LogP contribution in [0.5, 0.6) is 5.75 Å². The highest BCUT2D eigenvalue weighted by Gasteiger charge is 2.14. The van der Waals surface area contributed by atoms with Crippen molar-refractivity contribution in [3.63, 3.8) is 0 Å². The average Bonchev–Trinajstić information content (AvgIpc) is 2.02. The maximum atomic E-state index is 9.65. The minimum Gasteiger partial charge on any atom is -0.508 e. The molecule has 1 heteroatoms. The topological polar surface area (TPSA) is 20.2 Å². The van der Waals surface area contributed by atoms with Crippen LogP contribution in [0.15, 0.2) is 18.2 Å². The molecular formula is C12H18O. The van der Waals surface area contributed by atoms with Gasteiger partial charge in [0.2, 0.25) is 0 Å². The van der Waals surface area contributed by atoms with Crippen LogP contribution in [-0.4, -0.2) is 5.11 Å². The zero-order valence-electron chi connectivity index (χ0n) is 8.89. The number of aromatic hydroxyl groups is 1. The van der Waals surface area contributed by atoms with E-state index in [0.29, 0.717) is 5.75 Å². The molecule has 1 nitrogen and oxygen atoms in total. The Kier molecular flexibility index (Phi) is 2.65. The molecule has 0 bridgehead atoms. The van der Waals surface area contributed by atoms with E-state index in [1.54, 1.807) is 0 Å². The molecule has 0 fully saturated rings. The number of aryl methyl sites for hydroxylation is 1. The van der Waals surface area contributed by atoms with Crippen LogP contribution in [0.3, 0.4) is 0 Å². The fourth-order valence-electron chi connectivity index (χ4n) is 1.33. The Balaban J connectivity index is 3.10. The summed E-state index contributed by atoms with van der Waals surface area (Å²) < 4.78 is 0. The number of phenolic OH excluding ortho intramolecular Hbond substituents is 1. The van der Waals surface area contributed by atoms with Crippen LogP contribution in [0.25, 0.3) is 0 Å². The highest BCUT2D eigenvalue weighted by Crippen LogP contribution is 2.27. The van der Waals surface area contributed by atoms with Crippen molar-refractivity contribution in [2.75, 3.05) is 0 Å². The van der Waals surface area contributed by atoms with E-state index in [0.717, 1.165) is 12.0 Å². The summed E-state index contributed by atoms with van der Waals surface area (Å²) in [4.78, 5) is 0. The standard InChI is InChI=1S/C12H18O/c1-5-9-6-7-10(8-11(9)13)12(2,3)4/h6-8,13H,5H2,1-4H3. The average molecular weight is 178 g/mol. The quantitative estimate of drug-likeness (QED) is 0.700. The van der Waals surface area contributed by atoms with Crippen molar-refractivity contribution in [2.45, 2.75) is 39.5 Å². The molecule has 0 radical (unpaired) electrons. The van der Waals surface area contributed by atoms with Gasteiger partial charge in [0, 0.05) is 0 Å². The molecule has 0 aliphatic rings. The minimum atomic E-state index is 0.115. The molecule has 0 amide bonds. The predicted molar refractivity (Wildman–Crippen MR) is 56.2 cm³/mol. The lowest BCUT2D eigenvalue weighted by Gasteiger charge is -2.19. The van der Waals surface area contributed by atoms with Crippen molar-refractivity contribution in [1.29, 1.82) is 0 Å². The Morgan fingerprint density at radius 3 is 2.23 bits per heavy atom. The summed E-state index contributed by atoms with van der Waals surface area (Å²) >= 11 is 0. The number of rotatable bonds is 1. The third-order valence-electron chi connectivity index (χ3n) is 2.33. The smallest absolute Gasteiger partial charge is 0.119 e. The molecule has 1 N–H and O–H groups in total. The van der Waals surface area contributed by atoms with E-state index in [1.165, 1.54) is 5.56 Å². The van der Waals surface area contributed by atoms with Crippen LogP contribution >= 0.6 is 0 Å². The summed E-state index contributed by atoms with van der Waals surface area (Å²) in [6.07, 6.45) is 0.885. The molecule has 1 aromatic rings. The maximum Gasteiger partial charge on any atom is 0.119 e. The number of benzene rings is 1. The molecular weight excluding hydrogens is 160 g/mol. The lowest BCUT2D eigenvalue weighted by molar-refractivity contribution is 0.464. The van der Waals surface area contributed by atoms with Gasteiger partial charge in [-0.25, -0.2) is 0 Å². The van der Waals surface area contributed by atoms with Gasteiger partial charge in [-0.05, 0) is 29.0 Å². The molecule has 0 aliphatic heterocycles. The van der Waals surface area contributed by atoms with E-state index >= 15 is 0 Å². The molecule has 1 rings (SSSR count). The zero-order valence-corrected chi connectivity index (χ0v) is 8.89.